The summed E-state index contributed by atoms with van der Waals surface area (Å²) >= 11 is 0. The number of hydrogen-bond acceptors (Lipinski definition) is 3. The molecule has 1 heterocycles. The van der Waals surface area contributed by atoms with Crippen molar-refractivity contribution in [1.82, 2.24) is 0 Å². The maximum Gasteiger partial charge on any atom is 0.330 e. The lowest BCUT2D eigenvalue weighted by Crippen LogP contribution is -2.41. The van der Waals surface area contributed by atoms with Crippen LogP contribution in [0.15, 0.2) is 11.6 Å². The molecular formula is C10H14O3. The van der Waals surface area contributed by atoms with Crippen molar-refractivity contribution in [2.75, 3.05) is 13.7 Å². The average molecular weight is 182 g/mol. The van der Waals surface area contributed by atoms with Crippen molar-refractivity contribution < 1.29 is 14.3 Å². The van der Waals surface area contributed by atoms with E-state index in [4.69, 9.17) is 4.74 Å². The van der Waals surface area contributed by atoms with E-state index >= 15 is 0 Å². The Balaban J connectivity index is 2.07. The van der Waals surface area contributed by atoms with Gasteiger partial charge in [-0.05, 0) is 18.4 Å². The molecule has 0 radical (unpaired) electrons. The fraction of sp³-hybridized carbons (Fsp3) is 0.700. The Bertz CT molecular complexity index is 269. The number of carbonyl (C=O) groups is 1. The SMILES string of the molecule is COC(=O)C=C1C[C@]2(C)CCO[C@H]12. The highest BCUT2D eigenvalue weighted by atomic mass is 16.5. The van der Waals surface area contributed by atoms with Crippen LogP contribution >= 0.6 is 0 Å². The monoisotopic (exact) mass is 182 g/mol. The molecule has 0 aromatic carbocycles. The third-order valence-corrected chi connectivity index (χ3v) is 3.04. The number of hydrogen-bond donors (Lipinski definition) is 0. The van der Waals surface area contributed by atoms with Crippen molar-refractivity contribution in [2.24, 2.45) is 5.41 Å². The van der Waals surface area contributed by atoms with Gasteiger partial charge in [0.25, 0.3) is 0 Å². The minimum atomic E-state index is -0.271. The van der Waals surface area contributed by atoms with Crippen LogP contribution in [0.2, 0.25) is 0 Å². The Morgan fingerprint density at radius 1 is 1.77 bits per heavy atom. The Morgan fingerprint density at radius 3 is 3.15 bits per heavy atom. The second kappa shape index (κ2) is 2.84. The quantitative estimate of drug-likeness (QED) is 0.452. The Morgan fingerprint density at radius 2 is 2.54 bits per heavy atom. The number of carbonyl (C=O) groups excluding carboxylic acids is 1. The van der Waals surface area contributed by atoms with Gasteiger partial charge in [-0.15, -0.1) is 0 Å². The molecule has 3 heteroatoms. The maximum absolute atomic E-state index is 11.0. The molecule has 2 rings (SSSR count). The fourth-order valence-corrected chi connectivity index (χ4v) is 2.24. The predicted octanol–water partition coefficient (Wildman–Crippen LogP) is 1.28. The van der Waals surface area contributed by atoms with E-state index in [-0.39, 0.29) is 12.1 Å². The van der Waals surface area contributed by atoms with Gasteiger partial charge >= 0.3 is 5.97 Å². The van der Waals surface area contributed by atoms with Crippen LogP contribution < -0.4 is 0 Å². The van der Waals surface area contributed by atoms with Crippen molar-refractivity contribution in [3.05, 3.63) is 11.6 Å². The van der Waals surface area contributed by atoms with Crippen molar-refractivity contribution in [1.29, 1.82) is 0 Å². The molecule has 2 atom stereocenters. The van der Waals surface area contributed by atoms with E-state index < -0.39 is 0 Å². The van der Waals surface area contributed by atoms with Crippen LogP contribution in [0, 0.1) is 5.41 Å². The van der Waals surface area contributed by atoms with Gasteiger partial charge in [0.05, 0.1) is 13.2 Å². The standard InChI is InChI=1S/C10H14O3/c1-10-3-4-13-9(10)7(6-10)5-8(11)12-2/h5,9H,3-4,6H2,1-2H3/t9-,10+/m1/s1. The number of ether oxygens (including phenoxy) is 2. The molecule has 0 bridgehead atoms. The molecule has 0 unspecified atom stereocenters. The number of esters is 1. The second-order valence-electron chi connectivity index (χ2n) is 4.07. The Hall–Kier alpha value is -0.830. The zero-order valence-corrected chi connectivity index (χ0v) is 8.00. The van der Waals surface area contributed by atoms with Crippen LogP contribution in [0.1, 0.15) is 19.8 Å². The Labute approximate surface area is 77.7 Å². The second-order valence-corrected chi connectivity index (χ2v) is 4.07. The van der Waals surface area contributed by atoms with E-state index in [1.165, 1.54) is 7.11 Å². The lowest BCUT2D eigenvalue weighted by molar-refractivity contribution is -0.135. The van der Waals surface area contributed by atoms with Gasteiger partial charge in [0, 0.05) is 18.1 Å². The van der Waals surface area contributed by atoms with E-state index in [9.17, 15) is 4.79 Å². The van der Waals surface area contributed by atoms with Gasteiger partial charge in [0.15, 0.2) is 0 Å². The van der Waals surface area contributed by atoms with Crippen molar-refractivity contribution in [2.45, 2.75) is 25.9 Å². The van der Waals surface area contributed by atoms with Crippen molar-refractivity contribution >= 4 is 5.97 Å². The van der Waals surface area contributed by atoms with Crippen LogP contribution in [0.3, 0.4) is 0 Å². The van der Waals surface area contributed by atoms with Crippen LogP contribution in [0.5, 0.6) is 0 Å². The lowest BCUT2D eigenvalue weighted by Gasteiger charge is -2.42. The van der Waals surface area contributed by atoms with Gasteiger partial charge in [0.1, 0.15) is 0 Å². The molecule has 2 aliphatic rings. The van der Waals surface area contributed by atoms with Gasteiger partial charge in [-0.1, -0.05) is 6.92 Å². The highest BCUT2D eigenvalue weighted by Crippen LogP contribution is 2.53. The summed E-state index contributed by atoms with van der Waals surface area (Å²) in [6.07, 6.45) is 3.83. The molecule has 3 nitrogen and oxygen atoms in total. The molecule has 1 saturated carbocycles. The minimum absolute atomic E-state index is 0.173. The first-order chi connectivity index (χ1) is 6.15. The van der Waals surface area contributed by atoms with E-state index in [2.05, 4.69) is 11.7 Å². The maximum atomic E-state index is 11.0. The van der Waals surface area contributed by atoms with Gasteiger partial charge < -0.3 is 9.47 Å². The topological polar surface area (TPSA) is 35.5 Å². The van der Waals surface area contributed by atoms with E-state index in [0.717, 1.165) is 25.0 Å². The van der Waals surface area contributed by atoms with E-state index in [1.807, 2.05) is 0 Å². The lowest BCUT2D eigenvalue weighted by atomic mass is 9.64. The highest BCUT2D eigenvalue weighted by Gasteiger charge is 2.51. The van der Waals surface area contributed by atoms with E-state index in [0.29, 0.717) is 5.41 Å². The molecule has 13 heavy (non-hydrogen) atoms. The summed E-state index contributed by atoms with van der Waals surface area (Å²) in [6.45, 7) is 3.03. The molecule has 0 aromatic rings. The first-order valence-corrected chi connectivity index (χ1v) is 4.56. The van der Waals surface area contributed by atoms with Gasteiger partial charge in [-0.3, -0.25) is 0 Å². The smallest absolute Gasteiger partial charge is 0.330 e. The van der Waals surface area contributed by atoms with Gasteiger partial charge in [0.2, 0.25) is 0 Å². The summed E-state index contributed by atoms with van der Waals surface area (Å²) in [5.41, 5.74) is 1.38. The molecule has 1 aliphatic carbocycles. The number of fused-ring (bicyclic) bond motifs is 1. The van der Waals surface area contributed by atoms with Gasteiger partial charge in [-0.25, -0.2) is 4.79 Å². The normalized spacial score (nSPS) is 39.8. The zero-order valence-electron chi connectivity index (χ0n) is 8.00. The van der Waals surface area contributed by atoms with Crippen LogP contribution in [-0.4, -0.2) is 25.8 Å². The summed E-state index contributed by atoms with van der Waals surface area (Å²) in [5.74, 6) is -0.271. The molecule has 0 aromatic heterocycles. The molecule has 0 spiro atoms. The molecular weight excluding hydrogens is 168 g/mol. The molecule has 1 aliphatic heterocycles. The molecule has 0 N–H and O–H groups in total. The Kier molecular flexibility index (Phi) is 1.91. The first-order valence-electron chi connectivity index (χ1n) is 4.56. The summed E-state index contributed by atoms with van der Waals surface area (Å²) in [6, 6.07) is 0. The van der Waals surface area contributed by atoms with Crippen molar-refractivity contribution in [3.63, 3.8) is 0 Å². The zero-order chi connectivity index (χ0) is 9.47. The van der Waals surface area contributed by atoms with Crippen LogP contribution in [0.4, 0.5) is 0 Å². The predicted molar refractivity (Wildman–Crippen MR) is 47.2 cm³/mol. The van der Waals surface area contributed by atoms with E-state index in [1.54, 1.807) is 6.08 Å². The summed E-state index contributed by atoms with van der Waals surface area (Å²) in [4.78, 5) is 11.0. The molecule has 2 fully saturated rings. The van der Waals surface area contributed by atoms with Gasteiger partial charge in [-0.2, -0.15) is 0 Å². The molecule has 0 amide bonds. The first kappa shape index (κ1) is 8.75. The summed E-state index contributed by atoms with van der Waals surface area (Å²) in [5, 5.41) is 0. The third kappa shape index (κ3) is 1.27. The largest absolute Gasteiger partial charge is 0.466 e. The van der Waals surface area contributed by atoms with Crippen LogP contribution in [0.25, 0.3) is 0 Å². The summed E-state index contributed by atoms with van der Waals surface area (Å²) in [7, 11) is 1.40. The van der Waals surface area contributed by atoms with Crippen molar-refractivity contribution in [3.8, 4) is 0 Å². The van der Waals surface area contributed by atoms with Crippen LogP contribution in [-0.2, 0) is 14.3 Å². The minimum Gasteiger partial charge on any atom is -0.466 e. The number of methoxy groups -OCH3 is 1. The average Bonchev–Trinajstić information content (AvgIpc) is 2.38. The third-order valence-electron chi connectivity index (χ3n) is 3.04. The highest BCUT2D eigenvalue weighted by molar-refractivity contribution is 5.83. The summed E-state index contributed by atoms with van der Waals surface area (Å²) < 4.78 is 10.1. The molecule has 1 saturated heterocycles. The number of rotatable bonds is 1. The fourth-order valence-electron chi connectivity index (χ4n) is 2.24. The molecule has 72 valence electrons.